The molecule has 2 aliphatic rings. The molecule has 0 radical (unpaired) electrons. The average Bonchev–Trinajstić information content (AvgIpc) is 3.29. The van der Waals surface area contributed by atoms with Gasteiger partial charge in [-0.15, -0.1) is 5.10 Å². The van der Waals surface area contributed by atoms with Gasteiger partial charge < -0.3 is 9.64 Å². The first-order valence-corrected chi connectivity index (χ1v) is 8.89. The number of pyridine rings is 1. The molecule has 2 fully saturated rings. The Kier molecular flexibility index (Phi) is 4.54. The molecular weight excluding hydrogens is 322 g/mol. The number of piperazine rings is 1. The second-order valence-corrected chi connectivity index (χ2v) is 6.60. The highest BCUT2D eigenvalue weighted by atomic mass is 16.5. The lowest BCUT2D eigenvalue weighted by molar-refractivity contribution is -0.142. The summed E-state index contributed by atoms with van der Waals surface area (Å²) in [6.45, 7) is 5.09. The maximum atomic E-state index is 12.4. The third-order valence-corrected chi connectivity index (χ3v) is 5.01. The first-order valence-electron chi connectivity index (χ1n) is 8.89. The Balaban J connectivity index is 1.30. The fourth-order valence-electron chi connectivity index (χ4n) is 3.52. The normalized spacial score (nSPS) is 21.9. The van der Waals surface area contributed by atoms with E-state index in [1.165, 1.54) is 4.68 Å². The highest BCUT2D eigenvalue weighted by Gasteiger charge is 2.30. The predicted molar refractivity (Wildman–Crippen MR) is 91.4 cm³/mol. The molecule has 0 aromatic carbocycles. The smallest absolute Gasteiger partial charge is 0.350 e. The van der Waals surface area contributed by atoms with Crippen LogP contribution in [0.3, 0.4) is 0 Å². The summed E-state index contributed by atoms with van der Waals surface area (Å²) in [5.41, 5.74) is 0.558. The molecule has 2 aromatic heterocycles. The number of amides is 1. The second-order valence-electron chi connectivity index (χ2n) is 6.60. The van der Waals surface area contributed by atoms with Crippen molar-refractivity contribution in [1.82, 2.24) is 24.0 Å². The van der Waals surface area contributed by atoms with Crippen molar-refractivity contribution >= 4 is 11.6 Å². The number of carbonyl (C=O) groups is 1. The van der Waals surface area contributed by atoms with E-state index in [1.807, 2.05) is 23.1 Å². The van der Waals surface area contributed by atoms with Gasteiger partial charge in [0.25, 0.3) is 5.91 Å². The molecule has 25 heavy (non-hydrogen) atoms. The Morgan fingerprint density at radius 1 is 1.20 bits per heavy atom. The van der Waals surface area contributed by atoms with E-state index in [2.05, 4.69) is 10.00 Å². The van der Waals surface area contributed by atoms with Crippen molar-refractivity contribution in [3.8, 4) is 0 Å². The molecule has 1 amide bonds. The van der Waals surface area contributed by atoms with Gasteiger partial charge in [-0.1, -0.05) is 6.07 Å². The summed E-state index contributed by atoms with van der Waals surface area (Å²) >= 11 is 0. The minimum Gasteiger partial charge on any atom is -0.368 e. The maximum absolute atomic E-state index is 12.4. The van der Waals surface area contributed by atoms with Crippen LogP contribution in [0.5, 0.6) is 0 Å². The Labute approximate surface area is 145 Å². The quantitative estimate of drug-likeness (QED) is 0.769. The van der Waals surface area contributed by atoms with Crippen LogP contribution in [0.25, 0.3) is 5.65 Å². The lowest BCUT2D eigenvalue weighted by Crippen LogP contribution is -2.52. The summed E-state index contributed by atoms with van der Waals surface area (Å²) in [7, 11) is 0. The molecule has 0 unspecified atom stereocenters. The molecule has 8 nitrogen and oxygen atoms in total. The number of fused-ring (bicyclic) bond motifs is 1. The minimum absolute atomic E-state index is 0.109. The van der Waals surface area contributed by atoms with Gasteiger partial charge >= 0.3 is 5.69 Å². The highest BCUT2D eigenvalue weighted by molar-refractivity contribution is 5.81. The zero-order valence-electron chi connectivity index (χ0n) is 14.2. The minimum atomic E-state index is -0.233. The van der Waals surface area contributed by atoms with Crippen molar-refractivity contribution in [3.63, 3.8) is 0 Å². The van der Waals surface area contributed by atoms with Crippen molar-refractivity contribution in [2.45, 2.75) is 25.5 Å². The summed E-state index contributed by atoms with van der Waals surface area (Å²) in [6.07, 6.45) is 3.32. The molecule has 2 aromatic rings. The number of hydrogen-bond donors (Lipinski definition) is 0. The van der Waals surface area contributed by atoms with E-state index in [9.17, 15) is 9.59 Å². The van der Waals surface area contributed by atoms with Gasteiger partial charge in [0.2, 0.25) is 0 Å². The summed E-state index contributed by atoms with van der Waals surface area (Å²) in [6, 6.07) is 5.52. The summed E-state index contributed by atoms with van der Waals surface area (Å²) in [5.74, 6) is 0.133. The van der Waals surface area contributed by atoms with Crippen LogP contribution >= 0.6 is 0 Å². The molecule has 0 saturated carbocycles. The maximum Gasteiger partial charge on any atom is 0.350 e. The standard InChI is InChI=1S/C17H23N5O3/c23-16(14-4-3-13-25-14)20-10-7-19(8-11-20)9-12-22-17(24)21-6-2-1-5-15(21)18-22/h1-2,5-6,14H,3-4,7-13H2/t14-/m0/s1. The Morgan fingerprint density at radius 3 is 2.76 bits per heavy atom. The third-order valence-electron chi connectivity index (χ3n) is 5.01. The first-order chi connectivity index (χ1) is 12.2. The molecule has 2 aliphatic heterocycles. The van der Waals surface area contributed by atoms with Gasteiger partial charge in [-0.3, -0.25) is 14.1 Å². The Bertz CT molecular complexity index is 800. The predicted octanol–water partition coefficient (Wildman–Crippen LogP) is -0.181. The topological polar surface area (TPSA) is 72.1 Å². The number of carbonyl (C=O) groups excluding carboxylic acids is 1. The summed E-state index contributed by atoms with van der Waals surface area (Å²) < 4.78 is 8.56. The third kappa shape index (κ3) is 3.32. The highest BCUT2D eigenvalue weighted by Crippen LogP contribution is 2.16. The van der Waals surface area contributed by atoms with Crippen LogP contribution < -0.4 is 5.69 Å². The fourth-order valence-corrected chi connectivity index (χ4v) is 3.52. The Hall–Kier alpha value is -2.19. The van der Waals surface area contributed by atoms with Crippen molar-refractivity contribution in [3.05, 3.63) is 34.9 Å². The lowest BCUT2D eigenvalue weighted by Gasteiger charge is -2.35. The van der Waals surface area contributed by atoms with Crippen LogP contribution in [0.1, 0.15) is 12.8 Å². The van der Waals surface area contributed by atoms with Crippen LogP contribution in [0.15, 0.2) is 29.2 Å². The zero-order chi connectivity index (χ0) is 17.2. The van der Waals surface area contributed by atoms with Gasteiger partial charge in [0.15, 0.2) is 5.65 Å². The number of ether oxygens (including phenoxy) is 1. The largest absolute Gasteiger partial charge is 0.368 e. The van der Waals surface area contributed by atoms with Crippen molar-refractivity contribution in [2.75, 3.05) is 39.3 Å². The number of nitrogens with zero attached hydrogens (tertiary/aromatic N) is 5. The van der Waals surface area contributed by atoms with Gasteiger partial charge in [-0.25, -0.2) is 9.48 Å². The monoisotopic (exact) mass is 345 g/mol. The zero-order valence-corrected chi connectivity index (χ0v) is 14.2. The molecule has 0 spiro atoms. The lowest BCUT2D eigenvalue weighted by atomic mass is 10.2. The van der Waals surface area contributed by atoms with Gasteiger partial charge in [0.1, 0.15) is 6.10 Å². The van der Waals surface area contributed by atoms with Crippen LogP contribution in [-0.4, -0.2) is 75.3 Å². The molecule has 2 saturated heterocycles. The molecule has 0 aliphatic carbocycles. The number of rotatable bonds is 4. The van der Waals surface area contributed by atoms with E-state index in [1.54, 1.807) is 10.6 Å². The van der Waals surface area contributed by atoms with Gasteiger partial charge in [0.05, 0.1) is 6.54 Å². The van der Waals surface area contributed by atoms with E-state index in [4.69, 9.17) is 4.74 Å². The average molecular weight is 345 g/mol. The SMILES string of the molecule is O=C([C@@H]1CCCO1)N1CCN(CCn2nc3ccccn3c2=O)CC1. The molecule has 134 valence electrons. The van der Waals surface area contributed by atoms with Crippen molar-refractivity contribution in [1.29, 1.82) is 0 Å². The van der Waals surface area contributed by atoms with Crippen molar-refractivity contribution in [2.24, 2.45) is 0 Å². The van der Waals surface area contributed by atoms with Crippen LogP contribution in [0.4, 0.5) is 0 Å². The summed E-state index contributed by atoms with van der Waals surface area (Å²) in [5, 5.41) is 4.35. The Morgan fingerprint density at radius 2 is 2.04 bits per heavy atom. The van der Waals surface area contributed by atoms with Crippen LogP contribution in [0, 0.1) is 0 Å². The van der Waals surface area contributed by atoms with Gasteiger partial charge in [-0.2, -0.15) is 0 Å². The van der Waals surface area contributed by atoms with E-state index in [0.29, 0.717) is 18.8 Å². The molecule has 4 heterocycles. The van der Waals surface area contributed by atoms with Crippen LogP contribution in [-0.2, 0) is 16.1 Å². The van der Waals surface area contributed by atoms with E-state index in [-0.39, 0.29) is 17.7 Å². The van der Waals surface area contributed by atoms with E-state index < -0.39 is 0 Å². The molecule has 8 heteroatoms. The van der Waals surface area contributed by atoms with Crippen molar-refractivity contribution < 1.29 is 9.53 Å². The second kappa shape index (κ2) is 6.97. The van der Waals surface area contributed by atoms with Gasteiger partial charge in [-0.05, 0) is 25.0 Å². The van der Waals surface area contributed by atoms with Gasteiger partial charge in [0, 0.05) is 45.5 Å². The van der Waals surface area contributed by atoms with E-state index in [0.717, 1.165) is 45.6 Å². The molecular formula is C17H23N5O3. The molecule has 1 atom stereocenters. The summed E-state index contributed by atoms with van der Waals surface area (Å²) in [4.78, 5) is 28.8. The first kappa shape index (κ1) is 16.3. The number of aromatic nitrogens is 3. The number of hydrogen-bond acceptors (Lipinski definition) is 5. The fraction of sp³-hybridized carbons (Fsp3) is 0.588. The van der Waals surface area contributed by atoms with Crippen LogP contribution in [0.2, 0.25) is 0 Å². The molecule has 4 rings (SSSR count). The van der Waals surface area contributed by atoms with E-state index >= 15 is 0 Å². The molecule has 0 N–H and O–H groups in total. The molecule has 0 bridgehead atoms.